The monoisotopic (exact) mass is 1060 g/mol. The van der Waals surface area contributed by atoms with Gasteiger partial charge in [-0.3, -0.25) is 14.3 Å². The molecule has 2 saturated heterocycles. The van der Waals surface area contributed by atoms with Crippen molar-refractivity contribution < 1.29 is 26.4 Å². The molecule has 4 aliphatic rings. The highest BCUT2D eigenvalue weighted by atomic mass is 35.7. The van der Waals surface area contributed by atoms with Crippen LogP contribution in [-0.4, -0.2) is 126 Å². The first kappa shape index (κ1) is 50.4. The molecular formula is C48H53Cl4N9O6S2. The molecule has 0 radical (unpaired) electrons. The Bertz CT molecular complexity index is 2870. The van der Waals surface area contributed by atoms with E-state index in [1.165, 1.54) is 35.4 Å². The van der Waals surface area contributed by atoms with Gasteiger partial charge in [-0.15, -0.1) is 10.2 Å². The highest BCUT2D eigenvalue weighted by Crippen LogP contribution is 2.34. The number of benzene rings is 4. The van der Waals surface area contributed by atoms with Crippen LogP contribution in [0.25, 0.3) is 0 Å². The molecular weight excluding hydrogens is 1000 g/mol. The summed E-state index contributed by atoms with van der Waals surface area (Å²) in [6.07, 6.45) is 3.95. The lowest BCUT2D eigenvalue weighted by Gasteiger charge is -2.41. The SMILES string of the molecule is C[C@H](C(=O)N1CCN(c2ccc(S(=O)(=O)Cl)cc2)CC1)N1CCCc2cc(Cl)ccc21.C[C@H](C(=O)N1CCN(c2ccc(S(=O)(=O)Nc3ccc(Cl)nn3)cc2)CC1)N1CCCc2cc(Cl)ccc21. The Hall–Kier alpha value is -5.04. The maximum absolute atomic E-state index is 13.4. The first-order valence-electron chi connectivity index (χ1n) is 22.8. The summed E-state index contributed by atoms with van der Waals surface area (Å²) < 4.78 is 50.6. The number of rotatable bonds is 10. The van der Waals surface area contributed by atoms with Gasteiger partial charge in [-0.25, -0.2) is 16.8 Å². The Kier molecular flexibility index (Phi) is 15.7. The normalized spacial score (nSPS) is 17.2. The van der Waals surface area contributed by atoms with Gasteiger partial charge in [0.05, 0.1) is 9.79 Å². The molecule has 1 aromatic heterocycles. The average molecular weight is 1060 g/mol. The van der Waals surface area contributed by atoms with Crippen LogP contribution in [0.2, 0.25) is 15.2 Å². The fourth-order valence-electron chi connectivity index (χ4n) is 9.38. The van der Waals surface area contributed by atoms with Crippen LogP contribution in [0.5, 0.6) is 0 Å². The van der Waals surface area contributed by atoms with Crippen molar-refractivity contribution in [2.75, 3.05) is 89.8 Å². The molecule has 0 saturated carbocycles. The molecule has 2 atom stereocenters. The van der Waals surface area contributed by atoms with Gasteiger partial charge in [0.25, 0.3) is 19.1 Å². The van der Waals surface area contributed by atoms with E-state index in [2.05, 4.69) is 34.5 Å². The van der Waals surface area contributed by atoms with Gasteiger partial charge in [0, 0.05) is 109 Å². The molecule has 0 aliphatic carbocycles. The number of nitrogens with one attached hydrogen (secondary N) is 1. The van der Waals surface area contributed by atoms with Gasteiger partial charge in [0.2, 0.25) is 11.8 Å². The zero-order chi connectivity index (χ0) is 49.0. The van der Waals surface area contributed by atoms with Crippen LogP contribution >= 0.6 is 45.5 Å². The Morgan fingerprint density at radius 1 is 0.551 bits per heavy atom. The second kappa shape index (κ2) is 21.5. The molecule has 2 amide bonds. The number of halogens is 4. The van der Waals surface area contributed by atoms with Crippen LogP contribution in [0.4, 0.5) is 28.6 Å². The van der Waals surface area contributed by atoms with E-state index in [1.807, 2.05) is 60.0 Å². The molecule has 15 nitrogen and oxygen atoms in total. The number of fused-ring (bicyclic) bond motifs is 2. The van der Waals surface area contributed by atoms with Crippen molar-refractivity contribution in [3.05, 3.63) is 123 Å². The number of amides is 2. The first-order valence-corrected chi connectivity index (χ1v) is 27.7. The molecule has 1 N–H and O–H groups in total. The van der Waals surface area contributed by atoms with Crippen molar-refractivity contribution in [3.8, 4) is 0 Å². The van der Waals surface area contributed by atoms with E-state index in [9.17, 15) is 26.4 Å². The van der Waals surface area contributed by atoms with Gasteiger partial charge in [-0.2, -0.15) is 0 Å². The number of nitrogens with zero attached hydrogens (tertiary/aromatic N) is 8. The quantitative estimate of drug-likeness (QED) is 0.135. The van der Waals surface area contributed by atoms with Crippen molar-refractivity contribution >= 4 is 105 Å². The number of hydrogen-bond donors (Lipinski definition) is 1. The lowest BCUT2D eigenvalue weighted by Crippen LogP contribution is -2.55. The van der Waals surface area contributed by atoms with Gasteiger partial charge in [-0.05, 0) is 148 Å². The molecule has 5 aromatic rings. The fraction of sp³-hybridized carbons (Fsp3) is 0.375. The second-order valence-electron chi connectivity index (χ2n) is 17.4. The van der Waals surface area contributed by atoms with E-state index in [0.29, 0.717) is 52.4 Å². The topological polar surface area (TPSA) is 160 Å². The van der Waals surface area contributed by atoms with Gasteiger partial charge in [-0.1, -0.05) is 34.8 Å². The largest absolute Gasteiger partial charge is 0.368 e. The van der Waals surface area contributed by atoms with Gasteiger partial charge in [0.15, 0.2) is 11.0 Å². The zero-order valence-electron chi connectivity index (χ0n) is 38.1. The van der Waals surface area contributed by atoms with Gasteiger partial charge in [0.1, 0.15) is 12.1 Å². The summed E-state index contributed by atoms with van der Waals surface area (Å²) in [6.45, 7) is 10.8. The number of carbonyl (C=O) groups is 2. The summed E-state index contributed by atoms with van der Waals surface area (Å²) >= 11 is 18.0. The second-order valence-corrected chi connectivity index (χ2v) is 22.9. The van der Waals surface area contributed by atoms with E-state index in [4.69, 9.17) is 45.5 Å². The van der Waals surface area contributed by atoms with Crippen LogP contribution < -0.4 is 24.3 Å². The third-order valence-electron chi connectivity index (χ3n) is 13.1. The summed E-state index contributed by atoms with van der Waals surface area (Å²) in [5, 5.41) is 9.01. The Morgan fingerprint density at radius 3 is 1.39 bits per heavy atom. The average Bonchev–Trinajstić information content (AvgIpc) is 3.35. The molecule has 0 unspecified atom stereocenters. The summed E-state index contributed by atoms with van der Waals surface area (Å²) in [7, 11) is -2.15. The molecule has 4 aliphatic heterocycles. The predicted octanol–water partition coefficient (Wildman–Crippen LogP) is 7.83. The van der Waals surface area contributed by atoms with E-state index in [1.54, 1.807) is 36.4 Å². The van der Waals surface area contributed by atoms with Gasteiger partial charge < -0.3 is 29.4 Å². The summed E-state index contributed by atoms with van der Waals surface area (Å²) in [5.41, 5.74) is 6.40. The molecule has 0 spiro atoms. The smallest absolute Gasteiger partial charge is 0.263 e. The number of piperazine rings is 2. The lowest BCUT2D eigenvalue weighted by atomic mass is 10.00. The zero-order valence-corrected chi connectivity index (χ0v) is 42.8. The van der Waals surface area contributed by atoms with E-state index >= 15 is 0 Å². The van der Waals surface area contributed by atoms with E-state index in [0.717, 1.165) is 71.6 Å². The number of aryl methyl sites for hydroxylation is 2. The van der Waals surface area contributed by atoms with Crippen LogP contribution in [-0.2, 0) is 41.5 Å². The standard InChI is InChI=1S/C26H28Cl2N6O3S.C22H25Cl2N3O3S/c1-18(34-12-2-3-19-17-20(27)4-9-23(19)34)26(35)33-15-13-32(14-16-33)21-5-7-22(8-6-21)38(36,37)31-25-11-10-24(28)29-30-25;1-16(27-10-2-3-17-15-18(23)4-9-21(17)27)22(28)26-13-11-25(12-14-26)19-5-7-20(8-6-19)31(24,29)30/h4-11,17-18H,2-3,12-16H2,1H3,(H,30,31);4-9,15-16H,2-3,10-14H2,1H3/t18-;16-/m11/s1. The summed E-state index contributed by atoms with van der Waals surface area (Å²) in [6, 6.07) is 27.4. The minimum atomic E-state index is -3.82. The highest BCUT2D eigenvalue weighted by Gasteiger charge is 2.33. The molecule has 5 heterocycles. The molecule has 9 rings (SSSR count). The molecule has 21 heteroatoms. The lowest BCUT2D eigenvalue weighted by molar-refractivity contribution is -0.133. The van der Waals surface area contributed by atoms with Crippen molar-refractivity contribution in [1.82, 2.24) is 20.0 Å². The van der Waals surface area contributed by atoms with Crippen LogP contribution in [0, 0.1) is 0 Å². The van der Waals surface area contributed by atoms with Gasteiger partial charge >= 0.3 is 0 Å². The van der Waals surface area contributed by atoms with Crippen molar-refractivity contribution in [2.45, 2.75) is 61.4 Å². The molecule has 69 heavy (non-hydrogen) atoms. The molecule has 2 fully saturated rings. The summed E-state index contributed by atoms with van der Waals surface area (Å²) in [5.74, 6) is 0.335. The number of aromatic nitrogens is 2. The Balaban J connectivity index is 0.000000190. The molecule has 366 valence electrons. The number of hydrogen-bond acceptors (Lipinski definition) is 12. The number of carbonyl (C=O) groups excluding carboxylic acids is 2. The predicted molar refractivity (Wildman–Crippen MR) is 275 cm³/mol. The maximum Gasteiger partial charge on any atom is 0.263 e. The fourth-order valence-corrected chi connectivity index (χ4v) is 11.6. The molecule has 4 aromatic carbocycles. The van der Waals surface area contributed by atoms with Crippen LogP contribution in [0.3, 0.4) is 0 Å². The minimum absolute atomic E-state index is 0.0867. The number of sulfonamides is 1. The first-order chi connectivity index (χ1) is 32.9. The van der Waals surface area contributed by atoms with E-state index in [-0.39, 0.29) is 44.7 Å². The number of anilines is 5. The molecule has 0 bridgehead atoms. The maximum atomic E-state index is 13.4. The van der Waals surface area contributed by atoms with Crippen molar-refractivity contribution in [3.63, 3.8) is 0 Å². The third kappa shape index (κ3) is 11.9. The van der Waals surface area contributed by atoms with Crippen molar-refractivity contribution in [2.24, 2.45) is 0 Å². The minimum Gasteiger partial charge on any atom is -0.368 e. The Morgan fingerprint density at radius 2 is 0.986 bits per heavy atom. The Labute approximate surface area is 423 Å². The summed E-state index contributed by atoms with van der Waals surface area (Å²) in [4.78, 5) is 39.3. The van der Waals surface area contributed by atoms with Crippen molar-refractivity contribution in [1.29, 1.82) is 0 Å². The van der Waals surface area contributed by atoms with E-state index < -0.39 is 19.1 Å². The van der Waals surface area contributed by atoms with Crippen LogP contribution in [0.1, 0.15) is 37.8 Å². The van der Waals surface area contributed by atoms with Crippen LogP contribution in [0.15, 0.2) is 107 Å². The highest BCUT2D eigenvalue weighted by molar-refractivity contribution is 8.13. The third-order valence-corrected chi connectivity index (χ3v) is 16.5.